The molecule has 0 bridgehead atoms. The highest BCUT2D eigenvalue weighted by atomic mass is 16.5. The van der Waals surface area contributed by atoms with Gasteiger partial charge in [-0.05, 0) is 40.3 Å². The fraction of sp³-hybridized carbons (Fsp3) is 0.684. The van der Waals surface area contributed by atoms with Gasteiger partial charge >= 0.3 is 0 Å². The van der Waals surface area contributed by atoms with Crippen LogP contribution in [0.5, 0.6) is 0 Å². The topological polar surface area (TPSA) is 63.0 Å². The van der Waals surface area contributed by atoms with Crippen molar-refractivity contribution in [1.82, 2.24) is 9.80 Å². The van der Waals surface area contributed by atoms with Gasteiger partial charge in [-0.15, -0.1) is 0 Å². The van der Waals surface area contributed by atoms with Crippen LogP contribution in [0.1, 0.15) is 57.9 Å². The number of nitrogens with zero attached hydrogens (tertiary/aromatic N) is 2. The van der Waals surface area contributed by atoms with E-state index in [1.54, 1.807) is 0 Å². The molecule has 1 fully saturated rings. The molecule has 3 rings (SSSR count). The number of ether oxygens (including phenoxy) is 1. The minimum atomic E-state index is -0.128. The van der Waals surface area contributed by atoms with E-state index in [0.717, 1.165) is 38.8 Å². The summed E-state index contributed by atoms with van der Waals surface area (Å²) >= 11 is 0. The Morgan fingerprint density at radius 3 is 2.64 bits per heavy atom. The number of amides is 1. The first kappa shape index (κ1) is 18.1. The number of rotatable bonds is 6. The van der Waals surface area contributed by atoms with Crippen LogP contribution in [-0.4, -0.2) is 67.9 Å². The molecule has 1 saturated heterocycles. The third kappa shape index (κ3) is 3.96. The van der Waals surface area contributed by atoms with E-state index in [0.29, 0.717) is 42.2 Å². The monoisotopic (exact) mass is 348 g/mol. The lowest BCUT2D eigenvalue weighted by molar-refractivity contribution is 0.0487. The average Bonchev–Trinajstić information content (AvgIpc) is 3.19. The SMILES string of the molecule is Cc1c(C(=O)N(CCN(C)C)CC2CCCO2)oc2c1C(=O)CCC2. The summed E-state index contributed by atoms with van der Waals surface area (Å²) in [5.74, 6) is 0.983. The summed E-state index contributed by atoms with van der Waals surface area (Å²) < 4.78 is 11.6. The Kier molecular flexibility index (Phi) is 5.59. The van der Waals surface area contributed by atoms with Gasteiger partial charge in [0.25, 0.3) is 5.91 Å². The summed E-state index contributed by atoms with van der Waals surface area (Å²) in [4.78, 5) is 29.2. The van der Waals surface area contributed by atoms with E-state index >= 15 is 0 Å². The highest BCUT2D eigenvalue weighted by molar-refractivity contribution is 6.03. The molecule has 1 aromatic heterocycles. The Morgan fingerprint density at radius 2 is 2.00 bits per heavy atom. The smallest absolute Gasteiger partial charge is 0.290 e. The van der Waals surface area contributed by atoms with E-state index in [9.17, 15) is 9.59 Å². The van der Waals surface area contributed by atoms with Crippen molar-refractivity contribution in [3.8, 4) is 0 Å². The van der Waals surface area contributed by atoms with Gasteiger partial charge in [0.05, 0.1) is 11.7 Å². The highest BCUT2D eigenvalue weighted by Crippen LogP contribution is 2.30. The van der Waals surface area contributed by atoms with Gasteiger partial charge in [-0.1, -0.05) is 0 Å². The maximum absolute atomic E-state index is 13.1. The molecule has 1 atom stereocenters. The van der Waals surface area contributed by atoms with Crippen molar-refractivity contribution in [3.05, 3.63) is 22.6 Å². The number of carbonyl (C=O) groups excluding carboxylic acids is 2. The first-order chi connectivity index (χ1) is 12.0. The van der Waals surface area contributed by atoms with E-state index in [1.165, 1.54) is 0 Å². The van der Waals surface area contributed by atoms with Crippen molar-refractivity contribution < 1.29 is 18.7 Å². The molecule has 0 spiro atoms. The molecule has 138 valence electrons. The van der Waals surface area contributed by atoms with Gasteiger partial charge in [0.1, 0.15) is 5.76 Å². The summed E-state index contributed by atoms with van der Waals surface area (Å²) in [7, 11) is 3.98. The second-order valence-corrected chi connectivity index (χ2v) is 7.32. The van der Waals surface area contributed by atoms with E-state index in [2.05, 4.69) is 4.90 Å². The largest absolute Gasteiger partial charge is 0.455 e. The van der Waals surface area contributed by atoms with Crippen molar-refractivity contribution in [3.63, 3.8) is 0 Å². The van der Waals surface area contributed by atoms with Crippen LogP contribution in [-0.2, 0) is 11.2 Å². The number of aryl methyl sites for hydroxylation is 1. The van der Waals surface area contributed by atoms with E-state index in [4.69, 9.17) is 9.15 Å². The number of furan rings is 1. The Balaban J connectivity index is 1.82. The number of hydrogen-bond donors (Lipinski definition) is 0. The van der Waals surface area contributed by atoms with Gasteiger partial charge in [0.15, 0.2) is 11.5 Å². The first-order valence-corrected chi connectivity index (χ1v) is 9.18. The van der Waals surface area contributed by atoms with Gasteiger partial charge in [0.2, 0.25) is 0 Å². The van der Waals surface area contributed by atoms with Crippen LogP contribution in [0.2, 0.25) is 0 Å². The minimum Gasteiger partial charge on any atom is -0.455 e. The van der Waals surface area contributed by atoms with Crippen LogP contribution in [0, 0.1) is 6.92 Å². The molecule has 0 radical (unpaired) electrons. The quantitative estimate of drug-likeness (QED) is 0.789. The van der Waals surface area contributed by atoms with Crippen molar-refractivity contribution >= 4 is 11.7 Å². The first-order valence-electron chi connectivity index (χ1n) is 9.18. The molecular weight excluding hydrogens is 320 g/mol. The lowest BCUT2D eigenvalue weighted by Gasteiger charge is -2.26. The molecule has 2 aliphatic rings. The van der Waals surface area contributed by atoms with Gasteiger partial charge in [-0.3, -0.25) is 9.59 Å². The second-order valence-electron chi connectivity index (χ2n) is 7.32. The minimum absolute atomic E-state index is 0.0950. The van der Waals surface area contributed by atoms with Crippen molar-refractivity contribution in [1.29, 1.82) is 0 Å². The zero-order valence-corrected chi connectivity index (χ0v) is 15.5. The molecule has 25 heavy (non-hydrogen) atoms. The Hall–Kier alpha value is -1.66. The fourth-order valence-electron chi connectivity index (χ4n) is 3.63. The van der Waals surface area contributed by atoms with Crippen LogP contribution in [0.25, 0.3) is 0 Å². The van der Waals surface area contributed by atoms with Gasteiger partial charge in [0, 0.05) is 44.6 Å². The van der Waals surface area contributed by atoms with Gasteiger partial charge in [-0.25, -0.2) is 0 Å². The predicted molar refractivity (Wildman–Crippen MR) is 94.1 cm³/mol. The summed E-state index contributed by atoms with van der Waals surface area (Å²) in [5.41, 5.74) is 1.34. The van der Waals surface area contributed by atoms with Crippen LogP contribution in [0.15, 0.2) is 4.42 Å². The molecule has 1 amide bonds. The number of ketones is 1. The lowest BCUT2D eigenvalue weighted by atomic mass is 9.94. The van der Waals surface area contributed by atoms with Crippen molar-refractivity contribution in [2.45, 2.75) is 45.1 Å². The Morgan fingerprint density at radius 1 is 1.20 bits per heavy atom. The number of likely N-dealkylation sites (N-methyl/N-ethyl adjacent to an activating group) is 1. The average molecular weight is 348 g/mol. The summed E-state index contributed by atoms with van der Waals surface area (Å²) in [6, 6.07) is 0. The fourth-order valence-corrected chi connectivity index (χ4v) is 3.63. The second kappa shape index (κ2) is 7.70. The maximum Gasteiger partial charge on any atom is 0.290 e. The van der Waals surface area contributed by atoms with Gasteiger partial charge < -0.3 is 19.0 Å². The van der Waals surface area contributed by atoms with Crippen LogP contribution < -0.4 is 0 Å². The third-order valence-electron chi connectivity index (χ3n) is 5.05. The third-order valence-corrected chi connectivity index (χ3v) is 5.05. The standard InChI is InChI=1S/C19H28N2O4/c1-13-17-15(22)7-4-8-16(17)25-18(13)19(23)21(10-9-20(2)3)12-14-6-5-11-24-14/h14H,4-12H2,1-3H3. The van der Waals surface area contributed by atoms with E-state index in [-0.39, 0.29) is 17.8 Å². The summed E-state index contributed by atoms with van der Waals surface area (Å²) in [6.45, 7) is 4.56. The molecule has 0 saturated carbocycles. The molecular formula is C19H28N2O4. The van der Waals surface area contributed by atoms with Gasteiger partial charge in [-0.2, -0.15) is 0 Å². The molecule has 1 aliphatic carbocycles. The molecule has 1 unspecified atom stereocenters. The van der Waals surface area contributed by atoms with Crippen molar-refractivity contribution in [2.75, 3.05) is 40.3 Å². The van der Waals surface area contributed by atoms with Crippen molar-refractivity contribution in [2.24, 2.45) is 0 Å². The van der Waals surface area contributed by atoms with Crippen LogP contribution in [0.3, 0.4) is 0 Å². The summed E-state index contributed by atoms with van der Waals surface area (Å²) in [6.07, 6.45) is 4.20. The molecule has 6 heteroatoms. The normalized spacial score (nSPS) is 20.2. The molecule has 1 aliphatic heterocycles. The van der Waals surface area contributed by atoms with Crippen LogP contribution in [0.4, 0.5) is 0 Å². The molecule has 6 nitrogen and oxygen atoms in total. The Bertz CT molecular complexity index is 644. The van der Waals surface area contributed by atoms with E-state index in [1.807, 2.05) is 25.9 Å². The molecule has 0 aromatic carbocycles. The molecule has 1 aromatic rings. The number of hydrogen-bond acceptors (Lipinski definition) is 5. The Labute approximate surface area is 149 Å². The predicted octanol–water partition coefficient (Wildman–Crippen LogP) is 2.29. The zero-order valence-electron chi connectivity index (χ0n) is 15.5. The van der Waals surface area contributed by atoms with Crippen LogP contribution >= 0.6 is 0 Å². The molecule has 0 N–H and O–H groups in total. The summed E-state index contributed by atoms with van der Waals surface area (Å²) in [5, 5.41) is 0. The number of carbonyl (C=O) groups is 2. The highest BCUT2D eigenvalue weighted by Gasteiger charge is 2.32. The maximum atomic E-state index is 13.1. The zero-order chi connectivity index (χ0) is 18.0. The lowest BCUT2D eigenvalue weighted by Crippen LogP contribution is -2.41. The van der Waals surface area contributed by atoms with E-state index < -0.39 is 0 Å². The number of Topliss-reactive ketones (excluding diaryl/α,β-unsaturated/α-hetero) is 1. The number of fused-ring (bicyclic) bond motifs is 1. The molecule has 2 heterocycles.